The average Bonchev–Trinajstić information content (AvgIpc) is 2.33. The number of hydrogen-bond acceptors (Lipinski definition) is 2. The van der Waals surface area contributed by atoms with Gasteiger partial charge in [-0.2, -0.15) is 13.2 Å². The van der Waals surface area contributed by atoms with Gasteiger partial charge in [0.05, 0.1) is 12.2 Å². The third-order valence-corrected chi connectivity index (χ3v) is 2.70. The summed E-state index contributed by atoms with van der Waals surface area (Å²) < 4.78 is 43.4. The highest BCUT2D eigenvalue weighted by molar-refractivity contribution is 5.35. The third kappa shape index (κ3) is 4.22. The molecule has 0 heterocycles. The lowest BCUT2D eigenvalue weighted by Crippen LogP contribution is -2.22. The molecule has 0 aromatic heterocycles. The maximum Gasteiger partial charge on any atom is 0.419 e. The molecule has 0 fully saturated rings. The van der Waals surface area contributed by atoms with Gasteiger partial charge in [0.15, 0.2) is 0 Å². The molecule has 0 saturated carbocycles. The Labute approximate surface area is 105 Å². The zero-order valence-corrected chi connectivity index (χ0v) is 10.3. The minimum atomic E-state index is -4.39. The number of ether oxygens (including phenoxy) is 1. The van der Waals surface area contributed by atoms with Gasteiger partial charge in [0, 0.05) is 5.92 Å². The summed E-state index contributed by atoms with van der Waals surface area (Å²) in [4.78, 5) is 0. The van der Waals surface area contributed by atoms with Crippen LogP contribution in [0.3, 0.4) is 0 Å². The zero-order valence-electron chi connectivity index (χ0n) is 10.3. The Balaban J connectivity index is 2.73. The molecule has 2 N–H and O–H groups in total. The second-order valence-electron chi connectivity index (χ2n) is 4.20. The van der Waals surface area contributed by atoms with Gasteiger partial charge in [-0.05, 0) is 25.1 Å². The van der Waals surface area contributed by atoms with E-state index >= 15 is 0 Å². The summed E-state index contributed by atoms with van der Waals surface area (Å²) in [7, 11) is 0. The monoisotopic (exact) mass is 261 g/mol. The minimum absolute atomic E-state index is 0.0938. The van der Waals surface area contributed by atoms with Gasteiger partial charge in [-0.3, -0.25) is 0 Å². The summed E-state index contributed by atoms with van der Waals surface area (Å²) >= 11 is 0. The SMILES string of the molecule is CCCC(CN)COc1ccccc1C(F)(F)F. The topological polar surface area (TPSA) is 35.2 Å². The Morgan fingerprint density at radius 1 is 1.28 bits per heavy atom. The summed E-state index contributed by atoms with van der Waals surface area (Å²) in [5.74, 6) is -0.0316. The van der Waals surface area contributed by atoms with Gasteiger partial charge < -0.3 is 10.5 Å². The Kier molecular flexibility index (Phi) is 5.47. The van der Waals surface area contributed by atoms with Crippen molar-refractivity contribution in [3.8, 4) is 5.75 Å². The van der Waals surface area contributed by atoms with E-state index in [1.807, 2.05) is 6.92 Å². The number of alkyl halides is 3. The molecule has 1 aromatic carbocycles. The van der Waals surface area contributed by atoms with Crippen LogP contribution in [-0.2, 0) is 6.18 Å². The van der Waals surface area contributed by atoms with Crippen LogP contribution >= 0.6 is 0 Å². The van der Waals surface area contributed by atoms with Gasteiger partial charge in [0.2, 0.25) is 0 Å². The van der Waals surface area contributed by atoms with Crippen LogP contribution in [-0.4, -0.2) is 13.2 Å². The fourth-order valence-electron chi connectivity index (χ4n) is 1.71. The van der Waals surface area contributed by atoms with Crippen molar-refractivity contribution in [3.63, 3.8) is 0 Å². The number of halogens is 3. The molecule has 1 rings (SSSR count). The molecule has 0 spiro atoms. The van der Waals surface area contributed by atoms with Crippen molar-refractivity contribution in [2.24, 2.45) is 11.7 Å². The van der Waals surface area contributed by atoms with Crippen molar-refractivity contribution in [2.45, 2.75) is 25.9 Å². The predicted molar refractivity (Wildman–Crippen MR) is 64.4 cm³/mol. The molecule has 0 saturated heterocycles. The van der Waals surface area contributed by atoms with E-state index in [2.05, 4.69) is 0 Å². The zero-order chi connectivity index (χ0) is 13.6. The fraction of sp³-hybridized carbons (Fsp3) is 0.538. The second kappa shape index (κ2) is 6.64. The predicted octanol–water partition coefficient (Wildman–Crippen LogP) is 3.46. The third-order valence-electron chi connectivity index (χ3n) is 2.70. The van der Waals surface area contributed by atoms with Crippen molar-refractivity contribution in [3.05, 3.63) is 29.8 Å². The molecule has 1 atom stereocenters. The molecule has 1 unspecified atom stereocenters. The smallest absolute Gasteiger partial charge is 0.419 e. The van der Waals surface area contributed by atoms with Gasteiger partial charge in [0.1, 0.15) is 5.75 Å². The summed E-state index contributed by atoms with van der Waals surface area (Å²) in [6.07, 6.45) is -2.60. The highest BCUT2D eigenvalue weighted by atomic mass is 19.4. The molecule has 0 aliphatic rings. The molecule has 2 nitrogen and oxygen atoms in total. The van der Waals surface area contributed by atoms with E-state index in [4.69, 9.17) is 10.5 Å². The van der Waals surface area contributed by atoms with Crippen LogP contribution in [0.25, 0.3) is 0 Å². The highest BCUT2D eigenvalue weighted by Crippen LogP contribution is 2.36. The van der Waals surface area contributed by atoms with Gasteiger partial charge in [-0.25, -0.2) is 0 Å². The van der Waals surface area contributed by atoms with Crippen molar-refractivity contribution in [1.29, 1.82) is 0 Å². The Hall–Kier alpha value is -1.23. The molecule has 0 aliphatic heterocycles. The van der Waals surface area contributed by atoms with Crippen molar-refractivity contribution in [1.82, 2.24) is 0 Å². The van der Waals surface area contributed by atoms with Crippen LogP contribution < -0.4 is 10.5 Å². The van der Waals surface area contributed by atoms with Crippen LogP contribution in [0.4, 0.5) is 13.2 Å². The maximum absolute atomic E-state index is 12.7. The van der Waals surface area contributed by atoms with Crippen LogP contribution in [0.15, 0.2) is 24.3 Å². The highest BCUT2D eigenvalue weighted by Gasteiger charge is 2.34. The number of benzene rings is 1. The van der Waals surface area contributed by atoms with E-state index in [1.54, 1.807) is 0 Å². The van der Waals surface area contributed by atoms with E-state index in [-0.39, 0.29) is 18.3 Å². The molecule has 1 aromatic rings. The standard InChI is InChI=1S/C13H18F3NO/c1-2-5-10(8-17)9-18-12-7-4-3-6-11(12)13(14,15)16/h3-4,6-7,10H,2,5,8-9,17H2,1H3. The van der Waals surface area contributed by atoms with Crippen LogP contribution in [0.2, 0.25) is 0 Å². The van der Waals surface area contributed by atoms with Crippen molar-refractivity contribution in [2.75, 3.05) is 13.2 Å². The Morgan fingerprint density at radius 3 is 2.50 bits per heavy atom. The summed E-state index contributed by atoms with van der Waals surface area (Å²) in [5, 5.41) is 0. The lowest BCUT2D eigenvalue weighted by Gasteiger charge is -2.17. The van der Waals surface area contributed by atoms with Crippen molar-refractivity contribution < 1.29 is 17.9 Å². The maximum atomic E-state index is 12.7. The first-order valence-corrected chi connectivity index (χ1v) is 5.98. The molecule has 0 bridgehead atoms. The number of para-hydroxylation sites is 1. The van der Waals surface area contributed by atoms with Gasteiger partial charge in [0.25, 0.3) is 0 Å². The van der Waals surface area contributed by atoms with E-state index in [1.165, 1.54) is 18.2 Å². The number of hydrogen-bond donors (Lipinski definition) is 1. The van der Waals surface area contributed by atoms with Crippen LogP contribution in [0.5, 0.6) is 5.75 Å². The normalized spacial score (nSPS) is 13.4. The molecule has 5 heteroatoms. The average molecular weight is 261 g/mol. The van der Waals surface area contributed by atoms with Crippen LogP contribution in [0, 0.1) is 5.92 Å². The van der Waals surface area contributed by atoms with Gasteiger partial charge in [-0.15, -0.1) is 0 Å². The molecule has 102 valence electrons. The lowest BCUT2D eigenvalue weighted by atomic mass is 10.1. The molecular formula is C13H18F3NO. The van der Waals surface area contributed by atoms with E-state index < -0.39 is 11.7 Å². The Bertz CT molecular complexity index is 365. The van der Waals surface area contributed by atoms with E-state index in [0.29, 0.717) is 6.54 Å². The summed E-state index contributed by atoms with van der Waals surface area (Å²) in [6, 6.07) is 5.24. The Morgan fingerprint density at radius 2 is 1.94 bits per heavy atom. The van der Waals surface area contributed by atoms with E-state index in [0.717, 1.165) is 18.9 Å². The molecule has 18 heavy (non-hydrogen) atoms. The first kappa shape index (κ1) is 14.8. The molecule has 0 amide bonds. The number of nitrogens with two attached hydrogens (primary N) is 1. The lowest BCUT2D eigenvalue weighted by molar-refractivity contribution is -0.139. The van der Waals surface area contributed by atoms with Gasteiger partial charge in [-0.1, -0.05) is 25.5 Å². The first-order chi connectivity index (χ1) is 8.49. The van der Waals surface area contributed by atoms with E-state index in [9.17, 15) is 13.2 Å². The minimum Gasteiger partial charge on any atom is -0.493 e. The molecule has 0 aliphatic carbocycles. The summed E-state index contributed by atoms with van der Waals surface area (Å²) in [5.41, 5.74) is 4.81. The number of rotatable bonds is 6. The molecular weight excluding hydrogens is 243 g/mol. The largest absolute Gasteiger partial charge is 0.493 e. The van der Waals surface area contributed by atoms with Crippen molar-refractivity contribution >= 4 is 0 Å². The second-order valence-corrected chi connectivity index (χ2v) is 4.20. The van der Waals surface area contributed by atoms with Gasteiger partial charge >= 0.3 is 6.18 Å². The summed E-state index contributed by atoms with van der Waals surface area (Å²) in [6.45, 7) is 2.64. The van der Waals surface area contributed by atoms with Crippen LogP contribution in [0.1, 0.15) is 25.3 Å². The quantitative estimate of drug-likeness (QED) is 0.851. The molecule has 0 radical (unpaired) electrons. The fourth-order valence-corrected chi connectivity index (χ4v) is 1.71. The first-order valence-electron chi connectivity index (χ1n) is 5.98.